The summed E-state index contributed by atoms with van der Waals surface area (Å²) < 4.78 is 5.38. The molecule has 0 atom stereocenters. The van der Waals surface area contributed by atoms with Gasteiger partial charge in [-0.2, -0.15) is 0 Å². The van der Waals surface area contributed by atoms with E-state index in [-0.39, 0.29) is 6.09 Å². The number of carboxylic acids is 1. The van der Waals surface area contributed by atoms with Gasteiger partial charge < -0.3 is 14.7 Å². The van der Waals surface area contributed by atoms with Gasteiger partial charge in [-0.25, -0.2) is 9.59 Å². The number of aromatic carboxylic acids is 1. The zero-order valence-electron chi connectivity index (χ0n) is 13.7. The van der Waals surface area contributed by atoms with E-state index < -0.39 is 11.6 Å². The van der Waals surface area contributed by atoms with E-state index in [2.05, 4.69) is 0 Å². The van der Waals surface area contributed by atoms with Crippen molar-refractivity contribution >= 4 is 23.8 Å². The highest BCUT2D eigenvalue weighted by molar-refractivity contribution is 8.00. The summed E-state index contributed by atoms with van der Waals surface area (Å²) in [7, 11) is 0. The van der Waals surface area contributed by atoms with Crippen LogP contribution in [0.2, 0.25) is 0 Å². The lowest BCUT2D eigenvalue weighted by Gasteiger charge is -2.33. The molecule has 1 heterocycles. The smallest absolute Gasteiger partial charge is 0.410 e. The number of nitrogens with zero attached hydrogens (tertiary/aromatic N) is 1. The highest BCUT2D eigenvalue weighted by Gasteiger charge is 2.27. The van der Waals surface area contributed by atoms with Gasteiger partial charge in [-0.05, 0) is 45.7 Å². The Morgan fingerprint density at radius 2 is 1.83 bits per heavy atom. The van der Waals surface area contributed by atoms with Crippen molar-refractivity contribution in [2.45, 2.75) is 49.4 Å². The third kappa shape index (κ3) is 5.16. The van der Waals surface area contributed by atoms with E-state index >= 15 is 0 Å². The number of carbonyl (C=O) groups is 2. The van der Waals surface area contributed by atoms with Crippen LogP contribution >= 0.6 is 11.8 Å². The molecule has 2 rings (SSSR count). The van der Waals surface area contributed by atoms with Crippen LogP contribution < -0.4 is 0 Å². The average molecular weight is 337 g/mol. The number of amides is 1. The van der Waals surface area contributed by atoms with Gasteiger partial charge in [-0.1, -0.05) is 12.1 Å². The van der Waals surface area contributed by atoms with E-state index in [1.165, 1.54) is 0 Å². The number of likely N-dealkylation sites (tertiary alicyclic amines) is 1. The SMILES string of the molecule is CC(C)(C)OC(=O)N1CCC(Sc2ccccc2C(=O)O)CC1. The lowest BCUT2D eigenvalue weighted by molar-refractivity contribution is 0.0219. The minimum absolute atomic E-state index is 0.271. The molecule has 1 saturated heterocycles. The Kier molecular flexibility index (Phi) is 5.57. The molecule has 0 saturated carbocycles. The molecule has 0 spiro atoms. The molecule has 1 aliphatic rings. The van der Waals surface area contributed by atoms with Crippen molar-refractivity contribution in [3.8, 4) is 0 Å². The van der Waals surface area contributed by atoms with Crippen molar-refractivity contribution < 1.29 is 19.4 Å². The van der Waals surface area contributed by atoms with Crippen LogP contribution in [0.3, 0.4) is 0 Å². The molecule has 0 unspecified atom stereocenters. The van der Waals surface area contributed by atoms with Crippen molar-refractivity contribution in [2.24, 2.45) is 0 Å². The van der Waals surface area contributed by atoms with E-state index in [0.29, 0.717) is 23.9 Å². The Bertz CT molecular complexity index is 574. The number of carbonyl (C=O) groups excluding carboxylic acids is 1. The first-order valence-corrected chi connectivity index (χ1v) is 8.61. The Morgan fingerprint density at radius 1 is 1.22 bits per heavy atom. The van der Waals surface area contributed by atoms with Crippen LogP contribution in [0.1, 0.15) is 44.0 Å². The molecule has 6 heteroatoms. The quantitative estimate of drug-likeness (QED) is 0.907. The molecular weight excluding hydrogens is 314 g/mol. The minimum Gasteiger partial charge on any atom is -0.478 e. The van der Waals surface area contributed by atoms with Crippen molar-refractivity contribution in [1.82, 2.24) is 4.90 Å². The zero-order chi connectivity index (χ0) is 17.0. The van der Waals surface area contributed by atoms with Crippen LogP contribution in [0.4, 0.5) is 4.79 Å². The van der Waals surface area contributed by atoms with Crippen molar-refractivity contribution in [2.75, 3.05) is 13.1 Å². The number of ether oxygens (including phenoxy) is 1. The second-order valence-electron chi connectivity index (χ2n) is 6.59. The number of benzene rings is 1. The summed E-state index contributed by atoms with van der Waals surface area (Å²) in [6, 6.07) is 7.05. The first kappa shape index (κ1) is 17.7. The maximum Gasteiger partial charge on any atom is 0.410 e. The Morgan fingerprint density at radius 3 is 2.39 bits per heavy atom. The van der Waals surface area contributed by atoms with Gasteiger partial charge in [0.2, 0.25) is 0 Å². The van der Waals surface area contributed by atoms with Gasteiger partial charge in [0.05, 0.1) is 5.56 Å². The molecule has 23 heavy (non-hydrogen) atoms. The predicted molar refractivity (Wildman–Crippen MR) is 90.1 cm³/mol. The maximum atomic E-state index is 12.0. The molecule has 1 aliphatic heterocycles. The third-order valence-corrected chi connectivity index (χ3v) is 4.92. The molecule has 1 N–H and O–H groups in total. The van der Waals surface area contributed by atoms with Crippen LogP contribution in [0, 0.1) is 0 Å². The summed E-state index contributed by atoms with van der Waals surface area (Å²) in [6.45, 7) is 6.85. The van der Waals surface area contributed by atoms with Crippen molar-refractivity contribution in [3.63, 3.8) is 0 Å². The summed E-state index contributed by atoms with van der Waals surface area (Å²) in [5, 5.41) is 9.55. The summed E-state index contributed by atoms with van der Waals surface area (Å²) in [6.07, 6.45) is 1.39. The van der Waals surface area contributed by atoms with Crippen molar-refractivity contribution in [1.29, 1.82) is 0 Å². The fourth-order valence-electron chi connectivity index (χ4n) is 2.41. The number of piperidine rings is 1. The second kappa shape index (κ2) is 7.25. The highest BCUT2D eigenvalue weighted by atomic mass is 32.2. The van der Waals surface area contributed by atoms with Gasteiger partial charge in [-0.15, -0.1) is 11.8 Å². The number of hydrogen-bond acceptors (Lipinski definition) is 4. The number of carboxylic acid groups (broad SMARTS) is 1. The number of hydrogen-bond donors (Lipinski definition) is 1. The monoisotopic (exact) mass is 337 g/mol. The fraction of sp³-hybridized carbons (Fsp3) is 0.529. The van der Waals surface area contributed by atoms with Crippen LogP contribution in [-0.4, -0.2) is 46.0 Å². The summed E-state index contributed by atoms with van der Waals surface area (Å²) >= 11 is 1.59. The minimum atomic E-state index is -0.903. The second-order valence-corrected chi connectivity index (χ2v) is 7.93. The normalized spacial score (nSPS) is 16.2. The van der Waals surface area contributed by atoms with Gasteiger partial charge in [0.1, 0.15) is 5.60 Å². The molecule has 1 aromatic carbocycles. The lowest BCUT2D eigenvalue weighted by Crippen LogP contribution is -2.42. The Balaban J connectivity index is 1.91. The summed E-state index contributed by atoms with van der Waals surface area (Å²) in [4.78, 5) is 25.8. The van der Waals surface area contributed by atoms with Crippen LogP contribution in [-0.2, 0) is 4.74 Å². The molecule has 1 aromatic rings. The highest BCUT2D eigenvalue weighted by Crippen LogP contribution is 2.32. The Hall–Kier alpha value is -1.69. The first-order valence-electron chi connectivity index (χ1n) is 7.73. The van der Waals surface area contributed by atoms with E-state index in [4.69, 9.17) is 4.74 Å². The molecule has 0 bridgehead atoms. The van der Waals surface area contributed by atoms with Gasteiger partial charge in [-0.3, -0.25) is 0 Å². The lowest BCUT2D eigenvalue weighted by atomic mass is 10.1. The van der Waals surface area contributed by atoms with Crippen LogP contribution in [0.5, 0.6) is 0 Å². The van der Waals surface area contributed by atoms with Gasteiger partial charge >= 0.3 is 12.1 Å². The molecule has 0 aromatic heterocycles. The topological polar surface area (TPSA) is 66.8 Å². The third-order valence-electron chi connectivity index (χ3n) is 3.50. The Labute approximate surface area is 141 Å². The molecule has 0 radical (unpaired) electrons. The van der Waals surface area contributed by atoms with Gasteiger partial charge in [0.15, 0.2) is 0 Å². The number of rotatable bonds is 3. The van der Waals surface area contributed by atoms with Crippen molar-refractivity contribution in [3.05, 3.63) is 29.8 Å². The fourth-order valence-corrected chi connectivity index (χ4v) is 3.65. The number of thioether (sulfide) groups is 1. The molecule has 126 valence electrons. The molecule has 5 nitrogen and oxygen atoms in total. The van der Waals surface area contributed by atoms with Crippen LogP contribution in [0.25, 0.3) is 0 Å². The summed E-state index contributed by atoms with van der Waals surface area (Å²) in [5.41, 5.74) is -0.143. The first-order chi connectivity index (χ1) is 10.8. The van der Waals surface area contributed by atoms with E-state index in [1.807, 2.05) is 32.9 Å². The summed E-state index contributed by atoms with van der Waals surface area (Å²) in [5.74, 6) is -0.903. The maximum absolute atomic E-state index is 12.0. The van der Waals surface area contributed by atoms with Gasteiger partial charge in [0.25, 0.3) is 0 Å². The molecule has 0 aliphatic carbocycles. The molecule has 1 amide bonds. The largest absolute Gasteiger partial charge is 0.478 e. The average Bonchev–Trinajstić information content (AvgIpc) is 2.46. The standard InChI is InChI=1S/C17H23NO4S/c1-17(2,3)22-16(21)18-10-8-12(9-11-18)23-14-7-5-4-6-13(14)15(19)20/h4-7,12H,8-11H2,1-3H3,(H,19,20). The van der Waals surface area contributed by atoms with E-state index in [9.17, 15) is 14.7 Å². The van der Waals surface area contributed by atoms with E-state index in [1.54, 1.807) is 28.8 Å². The van der Waals surface area contributed by atoms with E-state index in [0.717, 1.165) is 17.7 Å². The van der Waals surface area contributed by atoms with Gasteiger partial charge in [0, 0.05) is 23.2 Å². The predicted octanol–water partition coefficient (Wildman–Crippen LogP) is 3.88. The molecular formula is C17H23NO4S. The molecule has 1 fully saturated rings. The zero-order valence-corrected chi connectivity index (χ0v) is 14.6. The van der Waals surface area contributed by atoms with Crippen LogP contribution in [0.15, 0.2) is 29.2 Å².